The summed E-state index contributed by atoms with van der Waals surface area (Å²) >= 11 is 0. The van der Waals surface area contributed by atoms with Crippen LogP contribution in [0.25, 0.3) is 10.8 Å². The topological polar surface area (TPSA) is 55.4 Å². The number of allylic oxidation sites excluding steroid dienone is 1. The molecule has 1 saturated carbocycles. The number of nitrogens with one attached hydrogen (secondary N) is 1. The zero-order chi connectivity index (χ0) is 16.5. The highest BCUT2D eigenvalue weighted by molar-refractivity contribution is 6.15. The Balaban J connectivity index is 1.64. The molecule has 2 atom stereocenters. The fourth-order valence-corrected chi connectivity index (χ4v) is 3.61. The van der Waals surface area contributed by atoms with Gasteiger partial charge < -0.3 is 10.1 Å². The lowest BCUT2D eigenvalue weighted by Gasteiger charge is -2.37. The Morgan fingerprint density at radius 3 is 2.79 bits per heavy atom. The van der Waals surface area contributed by atoms with Crippen molar-refractivity contribution in [1.82, 2.24) is 5.32 Å². The fraction of sp³-hybridized carbons (Fsp3) is 0.300. The van der Waals surface area contributed by atoms with Crippen LogP contribution in [0, 0.1) is 0 Å². The zero-order valence-electron chi connectivity index (χ0n) is 13.3. The van der Waals surface area contributed by atoms with Gasteiger partial charge in [-0.1, -0.05) is 48.9 Å². The molecule has 0 bridgehead atoms. The van der Waals surface area contributed by atoms with Crippen LogP contribution in [-0.4, -0.2) is 23.9 Å². The molecule has 24 heavy (non-hydrogen) atoms. The van der Waals surface area contributed by atoms with E-state index < -0.39 is 5.97 Å². The van der Waals surface area contributed by atoms with Gasteiger partial charge in [-0.15, -0.1) is 0 Å². The van der Waals surface area contributed by atoms with Gasteiger partial charge in [0.25, 0.3) is 0 Å². The van der Waals surface area contributed by atoms with Gasteiger partial charge in [0.1, 0.15) is 11.8 Å². The molecule has 1 N–H and O–H groups in total. The van der Waals surface area contributed by atoms with Crippen LogP contribution in [0.4, 0.5) is 0 Å². The summed E-state index contributed by atoms with van der Waals surface area (Å²) in [6, 6.07) is 13.5. The minimum Gasteiger partial charge on any atom is -0.456 e. The molecule has 0 aromatic heterocycles. The van der Waals surface area contributed by atoms with Crippen LogP contribution in [0.2, 0.25) is 0 Å². The second-order valence-electron chi connectivity index (χ2n) is 6.43. The first-order valence-electron chi connectivity index (χ1n) is 8.44. The summed E-state index contributed by atoms with van der Waals surface area (Å²) in [5.41, 5.74) is 0.872. The number of morpholine rings is 1. The lowest BCUT2D eigenvalue weighted by molar-refractivity contribution is -0.151. The fourth-order valence-electron chi connectivity index (χ4n) is 3.61. The van der Waals surface area contributed by atoms with Crippen LogP contribution in [0.1, 0.15) is 36.0 Å². The van der Waals surface area contributed by atoms with Gasteiger partial charge in [0, 0.05) is 11.6 Å². The quantitative estimate of drug-likeness (QED) is 0.523. The molecular weight excluding hydrogens is 302 g/mol. The number of rotatable bonds is 2. The van der Waals surface area contributed by atoms with Gasteiger partial charge >= 0.3 is 5.97 Å². The molecule has 2 fully saturated rings. The molecule has 2 aromatic carbocycles. The van der Waals surface area contributed by atoms with Crippen molar-refractivity contribution in [2.75, 3.05) is 0 Å². The number of carbonyl (C=O) groups excluding carboxylic acids is 2. The minimum absolute atomic E-state index is 0.0592. The summed E-state index contributed by atoms with van der Waals surface area (Å²) in [6.45, 7) is 0. The van der Waals surface area contributed by atoms with Crippen LogP contribution in [0.5, 0.6) is 0 Å². The highest BCUT2D eigenvalue weighted by atomic mass is 16.5. The van der Waals surface area contributed by atoms with Crippen molar-refractivity contribution in [2.24, 2.45) is 0 Å². The molecule has 4 rings (SSSR count). The van der Waals surface area contributed by atoms with E-state index in [0.29, 0.717) is 5.56 Å². The van der Waals surface area contributed by atoms with Crippen LogP contribution in [-0.2, 0) is 9.53 Å². The predicted molar refractivity (Wildman–Crippen MR) is 91.6 cm³/mol. The van der Waals surface area contributed by atoms with Crippen LogP contribution >= 0.6 is 0 Å². The molecule has 2 aromatic rings. The molecule has 2 aliphatic rings. The number of benzene rings is 2. The number of carbonyl (C=O) groups is 2. The van der Waals surface area contributed by atoms with Crippen molar-refractivity contribution in [2.45, 2.75) is 37.8 Å². The first kappa shape index (κ1) is 14.9. The Labute approximate surface area is 140 Å². The maximum atomic E-state index is 12.7. The molecular formula is C20H19NO3. The average Bonchev–Trinajstić information content (AvgIpc) is 2.62. The van der Waals surface area contributed by atoms with E-state index in [2.05, 4.69) is 5.32 Å². The Morgan fingerprint density at radius 1 is 1.08 bits per heavy atom. The first-order valence-corrected chi connectivity index (χ1v) is 8.44. The number of esters is 1. The third kappa shape index (κ3) is 2.68. The predicted octanol–water partition coefficient (Wildman–Crippen LogP) is 3.36. The summed E-state index contributed by atoms with van der Waals surface area (Å²) in [6.07, 6.45) is 5.40. The third-order valence-electron chi connectivity index (χ3n) is 4.85. The molecule has 1 aliphatic carbocycles. The molecule has 122 valence electrons. The van der Waals surface area contributed by atoms with Crippen molar-refractivity contribution in [3.8, 4) is 0 Å². The largest absolute Gasteiger partial charge is 0.456 e. The SMILES string of the molecule is O=C1OC2CCCCC2N/C1=C/C(=O)c1cccc2ccccc12. The van der Waals surface area contributed by atoms with Crippen molar-refractivity contribution in [3.63, 3.8) is 0 Å². The molecule has 1 saturated heterocycles. The summed E-state index contributed by atoms with van der Waals surface area (Å²) < 4.78 is 5.51. The average molecular weight is 321 g/mol. The van der Waals surface area contributed by atoms with Gasteiger partial charge in [-0.05, 0) is 30.0 Å². The Kier molecular flexibility index (Phi) is 3.81. The standard InChI is InChI=1S/C20H19NO3/c22-18(15-9-5-7-13-6-1-2-8-14(13)15)12-17-20(23)24-19-11-4-3-10-16(19)21-17/h1-2,5-9,12,16,19,21H,3-4,10-11H2/b17-12+. The third-order valence-corrected chi connectivity index (χ3v) is 4.85. The van der Waals surface area contributed by atoms with E-state index in [1.165, 1.54) is 6.08 Å². The van der Waals surface area contributed by atoms with Gasteiger partial charge in [0.2, 0.25) is 0 Å². The summed E-state index contributed by atoms with van der Waals surface area (Å²) in [7, 11) is 0. The Morgan fingerprint density at radius 2 is 1.88 bits per heavy atom. The molecule has 0 amide bonds. The second-order valence-corrected chi connectivity index (χ2v) is 6.43. The van der Waals surface area contributed by atoms with E-state index in [9.17, 15) is 9.59 Å². The smallest absolute Gasteiger partial charge is 0.354 e. The highest BCUT2D eigenvalue weighted by Crippen LogP contribution is 2.26. The molecule has 0 radical (unpaired) electrons. The first-order chi connectivity index (χ1) is 11.7. The maximum absolute atomic E-state index is 12.7. The van der Waals surface area contributed by atoms with Crippen molar-refractivity contribution in [3.05, 3.63) is 59.8 Å². The van der Waals surface area contributed by atoms with E-state index in [1.54, 1.807) is 6.07 Å². The number of fused-ring (bicyclic) bond motifs is 2. The van der Waals surface area contributed by atoms with Crippen molar-refractivity contribution < 1.29 is 14.3 Å². The monoisotopic (exact) mass is 321 g/mol. The minimum atomic E-state index is -0.424. The van der Waals surface area contributed by atoms with E-state index in [-0.39, 0.29) is 23.6 Å². The molecule has 1 heterocycles. The van der Waals surface area contributed by atoms with Gasteiger partial charge in [-0.3, -0.25) is 4.79 Å². The van der Waals surface area contributed by atoms with Crippen LogP contribution < -0.4 is 5.32 Å². The maximum Gasteiger partial charge on any atom is 0.354 e. The van der Waals surface area contributed by atoms with Gasteiger partial charge in [0.15, 0.2) is 5.78 Å². The van der Waals surface area contributed by atoms with Crippen molar-refractivity contribution >= 4 is 22.5 Å². The van der Waals surface area contributed by atoms with Gasteiger partial charge in [-0.25, -0.2) is 4.79 Å². The lowest BCUT2D eigenvalue weighted by atomic mass is 9.91. The summed E-state index contributed by atoms with van der Waals surface area (Å²) in [5, 5.41) is 5.12. The van der Waals surface area contributed by atoms with Crippen LogP contribution in [0.15, 0.2) is 54.2 Å². The van der Waals surface area contributed by atoms with E-state index >= 15 is 0 Å². The Hall–Kier alpha value is -2.62. The number of hydrogen-bond acceptors (Lipinski definition) is 4. The van der Waals surface area contributed by atoms with Crippen LogP contribution in [0.3, 0.4) is 0 Å². The molecule has 2 unspecified atom stereocenters. The molecule has 4 heteroatoms. The van der Waals surface area contributed by atoms with Gasteiger partial charge in [0.05, 0.1) is 6.04 Å². The van der Waals surface area contributed by atoms with E-state index in [4.69, 9.17) is 4.74 Å². The lowest BCUT2D eigenvalue weighted by Crippen LogP contribution is -2.50. The Bertz CT molecular complexity index is 834. The number of ether oxygens (including phenoxy) is 1. The van der Waals surface area contributed by atoms with Gasteiger partial charge in [-0.2, -0.15) is 0 Å². The van der Waals surface area contributed by atoms with Crippen molar-refractivity contribution in [1.29, 1.82) is 0 Å². The summed E-state index contributed by atoms with van der Waals surface area (Å²) in [5.74, 6) is -0.604. The summed E-state index contributed by atoms with van der Waals surface area (Å²) in [4.78, 5) is 24.9. The highest BCUT2D eigenvalue weighted by Gasteiger charge is 2.35. The number of ketones is 1. The molecule has 0 spiro atoms. The normalized spacial score (nSPS) is 25.0. The zero-order valence-corrected chi connectivity index (χ0v) is 13.3. The second kappa shape index (κ2) is 6.11. The van der Waals surface area contributed by atoms with E-state index in [1.807, 2.05) is 36.4 Å². The molecule has 1 aliphatic heterocycles. The molecule has 4 nitrogen and oxygen atoms in total. The van der Waals surface area contributed by atoms with E-state index in [0.717, 1.165) is 36.5 Å². The number of hydrogen-bond donors (Lipinski definition) is 1.